The normalized spacial score (nSPS) is 23.1. The summed E-state index contributed by atoms with van der Waals surface area (Å²) < 4.78 is 5.25. The summed E-state index contributed by atoms with van der Waals surface area (Å²) in [6.45, 7) is 5.24. The van der Waals surface area contributed by atoms with E-state index < -0.39 is 5.63 Å². The maximum atomic E-state index is 11.6. The molecule has 0 saturated carbocycles. The Balaban J connectivity index is 1.08. The predicted molar refractivity (Wildman–Crippen MR) is 129 cm³/mol. The van der Waals surface area contributed by atoms with E-state index in [2.05, 4.69) is 39.5 Å². The molecule has 2 aromatic rings. The summed E-state index contributed by atoms with van der Waals surface area (Å²) in [5, 5.41) is 4.33. The minimum absolute atomic E-state index is 0.151. The number of unbranched alkanes of at least 4 members (excludes halogenated alkanes) is 1. The fraction of sp³-hybridized carbons (Fsp3) is 0.400. The Morgan fingerprint density at radius 3 is 2.78 bits per heavy atom. The first-order valence-corrected chi connectivity index (χ1v) is 11.5. The summed E-state index contributed by atoms with van der Waals surface area (Å²) >= 11 is 0. The number of piperazine rings is 1. The maximum absolute atomic E-state index is 11.6. The highest BCUT2D eigenvalue weighted by Gasteiger charge is 2.27. The van der Waals surface area contributed by atoms with E-state index in [1.807, 2.05) is 18.2 Å². The lowest BCUT2D eigenvalue weighted by molar-refractivity contribution is 0.253. The Bertz CT molecular complexity index is 1140. The highest BCUT2D eigenvalue weighted by molar-refractivity contribution is 5.83. The standard InChI is InChI=1S/C25H31N5O2/c26-19-4-6-23-21(15-19)17(16-28-23)3-1-2-8-29-9-11-30(12-10-29)20-5-7-24-18(13-20)14-22(27)25(31)32-24/h4-7,13-16,21,23,28H,1-3,8-12,26-27H2. The van der Waals surface area contributed by atoms with Gasteiger partial charge in [0, 0.05) is 48.9 Å². The van der Waals surface area contributed by atoms with Crippen LogP contribution in [0.3, 0.4) is 0 Å². The van der Waals surface area contributed by atoms with Crippen molar-refractivity contribution in [3.8, 4) is 0 Å². The van der Waals surface area contributed by atoms with Crippen LogP contribution in [0, 0.1) is 5.92 Å². The molecule has 1 saturated heterocycles. The first-order chi connectivity index (χ1) is 15.6. The number of anilines is 2. The van der Waals surface area contributed by atoms with Gasteiger partial charge in [0.05, 0.1) is 6.04 Å². The van der Waals surface area contributed by atoms with Crippen LogP contribution in [0.1, 0.15) is 19.3 Å². The SMILES string of the molecule is NC1=CC2C(CCCCN3CCN(c4ccc5oc(=O)c(N)cc5c4)CC3)=CNC2C=C1. The summed E-state index contributed by atoms with van der Waals surface area (Å²) in [5.41, 5.74) is 15.5. The van der Waals surface area contributed by atoms with E-state index in [4.69, 9.17) is 15.9 Å². The van der Waals surface area contributed by atoms with Crippen molar-refractivity contribution in [2.24, 2.45) is 11.7 Å². The number of hydrogen-bond donors (Lipinski definition) is 3. The Morgan fingerprint density at radius 1 is 1.09 bits per heavy atom. The molecule has 1 aliphatic carbocycles. The van der Waals surface area contributed by atoms with Gasteiger partial charge in [-0.1, -0.05) is 12.2 Å². The van der Waals surface area contributed by atoms with Crippen molar-refractivity contribution in [2.45, 2.75) is 25.3 Å². The minimum Gasteiger partial charge on any atom is -0.421 e. The molecule has 2 atom stereocenters. The van der Waals surface area contributed by atoms with Crippen LogP contribution in [0.2, 0.25) is 0 Å². The molecule has 32 heavy (non-hydrogen) atoms. The minimum atomic E-state index is -0.477. The first-order valence-electron chi connectivity index (χ1n) is 11.5. The molecule has 0 radical (unpaired) electrons. The number of benzene rings is 1. The molecule has 1 fully saturated rings. The van der Waals surface area contributed by atoms with E-state index in [0.717, 1.165) is 55.9 Å². The molecule has 3 heterocycles. The van der Waals surface area contributed by atoms with Crippen molar-refractivity contribution >= 4 is 22.3 Å². The molecule has 7 nitrogen and oxygen atoms in total. The Labute approximate surface area is 188 Å². The van der Waals surface area contributed by atoms with Gasteiger partial charge < -0.3 is 26.1 Å². The third-order valence-corrected chi connectivity index (χ3v) is 6.81. The Hall–Kier alpha value is -3.19. The quantitative estimate of drug-likeness (QED) is 0.475. The molecule has 5 N–H and O–H groups in total. The molecule has 1 aromatic heterocycles. The molecule has 3 aliphatic rings. The number of allylic oxidation sites excluding steroid dienone is 1. The molecule has 2 unspecified atom stereocenters. The van der Waals surface area contributed by atoms with E-state index >= 15 is 0 Å². The van der Waals surface area contributed by atoms with E-state index in [1.54, 1.807) is 6.07 Å². The van der Waals surface area contributed by atoms with Gasteiger partial charge in [-0.2, -0.15) is 0 Å². The molecule has 0 amide bonds. The average molecular weight is 434 g/mol. The van der Waals surface area contributed by atoms with Crippen molar-refractivity contribution in [3.05, 3.63) is 70.4 Å². The molecule has 0 spiro atoms. The second-order valence-corrected chi connectivity index (χ2v) is 8.96. The van der Waals surface area contributed by atoms with Gasteiger partial charge in [0.15, 0.2) is 0 Å². The summed E-state index contributed by atoms with van der Waals surface area (Å²) in [4.78, 5) is 16.5. The molecule has 1 aromatic carbocycles. The second-order valence-electron chi connectivity index (χ2n) is 8.96. The molecule has 0 bridgehead atoms. The lowest BCUT2D eigenvalue weighted by Crippen LogP contribution is -2.46. The summed E-state index contributed by atoms with van der Waals surface area (Å²) in [6.07, 6.45) is 12.1. The summed E-state index contributed by atoms with van der Waals surface area (Å²) in [7, 11) is 0. The highest BCUT2D eigenvalue weighted by atomic mass is 16.4. The molecule has 5 rings (SSSR count). The lowest BCUT2D eigenvalue weighted by atomic mass is 9.88. The zero-order valence-electron chi connectivity index (χ0n) is 18.3. The number of nitrogens with two attached hydrogens (primary N) is 2. The number of fused-ring (bicyclic) bond motifs is 2. The highest BCUT2D eigenvalue weighted by Crippen LogP contribution is 2.30. The maximum Gasteiger partial charge on any atom is 0.359 e. The van der Waals surface area contributed by atoms with E-state index in [-0.39, 0.29) is 5.69 Å². The van der Waals surface area contributed by atoms with Crippen LogP contribution in [-0.2, 0) is 0 Å². The van der Waals surface area contributed by atoms with Crippen LogP contribution in [0.25, 0.3) is 11.0 Å². The Kier molecular flexibility index (Phi) is 5.66. The second kappa shape index (κ2) is 8.74. The van der Waals surface area contributed by atoms with Gasteiger partial charge in [-0.15, -0.1) is 0 Å². The van der Waals surface area contributed by atoms with Crippen LogP contribution in [-0.4, -0.2) is 43.7 Å². The Morgan fingerprint density at radius 2 is 1.94 bits per heavy atom. The fourth-order valence-corrected chi connectivity index (χ4v) is 4.95. The number of nitrogen functional groups attached to an aromatic ring is 1. The topological polar surface area (TPSA) is 101 Å². The van der Waals surface area contributed by atoms with Gasteiger partial charge in [0.2, 0.25) is 0 Å². The van der Waals surface area contributed by atoms with Crippen LogP contribution < -0.4 is 27.3 Å². The summed E-state index contributed by atoms with van der Waals surface area (Å²) in [5.74, 6) is 0.425. The van der Waals surface area contributed by atoms with Crippen molar-refractivity contribution in [1.29, 1.82) is 0 Å². The predicted octanol–water partition coefficient (Wildman–Crippen LogP) is 2.55. The van der Waals surface area contributed by atoms with Crippen LogP contribution in [0.5, 0.6) is 0 Å². The van der Waals surface area contributed by atoms with E-state index in [9.17, 15) is 4.79 Å². The molecular formula is C25H31N5O2. The average Bonchev–Trinajstić information content (AvgIpc) is 3.19. The molecule has 168 valence electrons. The molecule has 2 aliphatic heterocycles. The molecule has 7 heteroatoms. The fourth-order valence-electron chi connectivity index (χ4n) is 4.95. The van der Waals surface area contributed by atoms with Gasteiger partial charge in [0.1, 0.15) is 11.3 Å². The zero-order valence-corrected chi connectivity index (χ0v) is 18.3. The van der Waals surface area contributed by atoms with Crippen LogP contribution in [0.4, 0.5) is 11.4 Å². The third kappa shape index (κ3) is 4.25. The van der Waals surface area contributed by atoms with Gasteiger partial charge in [-0.25, -0.2) is 4.79 Å². The van der Waals surface area contributed by atoms with E-state index in [1.165, 1.54) is 18.4 Å². The van der Waals surface area contributed by atoms with Gasteiger partial charge >= 0.3 is 5.63 Å². The number of nitrogens with one attached hydrogen (secondary N) is 1. The van der Waals surface area contributed by atoms with Crippen molar-refractivity contribution < 1.29 is 4.42 Å². The third-order valence-electron chi connectivity index (χ3n) is 6.81. The van der Waals surface area contributed by atoms with Crippen molar-refractivity contribution in [2.75, 3.05) is 43.4 Å². The smallest absolute Gasteiger partial charge is 0.359 e. The number of rotatable bonds is 6. The largest absolute Gasteiger partial charge is 0.421 e. The summed E-state index contributed by atoms with van der Waals surface area (Å²) in [6, 6.07) is 8.03. The number of nitrogens with zero attached hydrogens (tertiary/aromatic N) is 2. The van der Waals surface area contributed by atoms with Crippen LogP contribution >= 0.6 is 0 Å². The van der Waals surface area contributed by atoms with Gasteiger partial charge in [-0.05, 0) is 67.9 Å². The first kappa shape index (κ1) is 20.7. The van der Waals surface area contributed by atoms with Gasteiger partial charge in [0.25, 0.3) is 0 Å². The van der Waals surface area contributed by atoms with Gasteiger partial charge in [-0.3, -0.25) is 4.90 Å². The molecular weight excluding hydrogens is 402 g/mol. The van der Waals surface area contributed by atoms with Crippen molar-refractivity contribution in [1.82, 2.24) is 10.2 Å². The van der Waals surface area contributed by atoms with Crippen molar-refractivity contribution in [3.63, 3.8) is 0 Å². The zero-order chi connectivity index (χ0) is 22.1. The lowest BCUT2D eigenvalue weighted by Gasteiger charge is -2.36. The number of hydrogen-bond acceptors (Lipinski definition) is 7. The monoisotopic (exact) mass is 433 g/mol. The van der Waals surface area contributed by atoms with E-state index in [0.29, 0.717) is 17.5 Å². The van der Waals surface area contributed by atoms with Crippen LogP contribution in [0.15, 0.2) is 69.2 Å².